The highest BCUT2D eigenvalue weighted by atomic mass is 16.5. The molecule has 1 heterocycles. The average Bonchev–Trinajstić information content (AvgIpc) is 2.61. The zero-order valence-corrected chi connectivity index (χ0v) is 10.8. The van der Waals surface area contributed by atoms with Gasteiger partial charge < -0.3 is 10.5 Å². The zero-order valence-electron chi connectivity index (χ0n) is 10.8. The summed E-state index contributed by atoms with van der Waals surface area (Å²) < 4.78 is 5.32. The fraction of sp³-hybridized carbons (Fsp3) is 0.923. The molecule has 1 aliphatic heterocycles. The van der Waals surface area contributed by atoms with E-state index in [4.69, 9.17) is 10.5 Å². The van der Waals surface area contributed by atoms with E-state index in [1.807, 2.05) is 0 Å². The summed E-state index contributed by atoms with van der Waals surface area (Å²) in [7, 11) is 0. The first-order valence-electron chi connectivity index (χ1n) is 6.46. The molecule has 0 radical (unpaired) electrons. The number of ether oxygens (including phenoxy) is 1. The molecule has 1 spiro atoms. The number of rotatable bonds is 2. The standard InChI is InChI=1S/C13H24N2O/c1-4-12(2,3)10-5-7-13(8-6-10)9-16-11(14)15-13/h10H,4-9H2,1-3H3,(H2,14,15). The summed E-state index contributed by atoms with van der Waals surface area (Å²) in [6, 6.07) is 0.396. The van der Waals surface area contributed by atoms with Crippen LogP contribution in [0.1, 0.15) is 52.9 Å². The summed E-state index contributed by atoms with van der Waals surface area (Å²) in [6.07, 6.45) is 6.07. The number of hydrogen-bond donors (Lipinski definition) is 1. The lowest BCUT2D eigenvalue weighted by Crippen LogP contribution is -2.37. The number of amidine groups is 1. The Morgan fingerprint density at radius 2 is 2.06 bits per heavy atom. The van der Waals surface area contributed by atoms with Gasteiger partial charge in [-0.2, -0.15) is 0 Å². The van der Waals surface area contributed by atoms with Gasteiger partial charge in [0.1, 0.15) is 12.1 Å². The van der Waals surface area contributed by atoms with E-state index in [-0.39, 0.29) is 5.54 Å². The summed E-state index contributed by atoms with van der Waals surface area (Å²) >= 11 is 0. The van der Waals surface area contributed by atoms with E-state index in [1.165, 1.54) is 19.3 Å². The number of nitrogens with two attached hydrogens (primary N) is 1. The lowest BCUT2D eigenvalue weighted by Gasteiger charge is -2.41. The lowest BCUT2D eigenvalue weighted by molar-refractivity contribution is 0.102. The van der Waals surface area contributed by atoms with Gasteiger partial charge in [0.15, 0.2) is 0 Å². The van der Waals surface area contributed by atoms with Crippen molar-refractivity contribution in [3.63, 3.8) is 0 Å². The van der Waals surface area contributed by atoms with Crippen molar-refractivity contribution in [3.8, 4) is 0 Å². The van der Waals surface area contributed by atoms with E-state index in [2.05, 4.69) is 25.8 Å². The van der Waals surface area contributed by atoms with Crippen molar-refractivity contribution in [2.45, 2.75) is 58.4 Å². The molecule has 2 rings (SSSR count). The van der Waals surface area contributed by atoms with Crippen LogP contribution in [-0.2, 0) is 4.74 Å². The van der Waals surface area contributed by atoms with Crippen LogP contribution in [-0.4, -0.2) is 18.2 Å². The van der Waals surface area contributed by atoms with Crippen LogP contribution < -0.4 is 5.73 Å². The highest BCUT2D eigenvalue weighted by Gasteiger charge is 2.42. The van der Waals surface area contributed by atoms with Crippen molar-refractivity contribution in [1.82, 2.24) is 0 Å². The monoisotopic (exact) mass is 224 g/mol. The highest BCUT2D eigenvalue weighted by molar-refractivity contribution is 5.73. The first-order valence-corrected chi connectivity index (χ1v) is 6.46. The van der Waals surface area contributed by atoms with Gasteiger partial charge in [-0.05, 0) is 37.0 Å². The molecule has 0 bridgehead atoms. The van der Waals surface area contributed by atoms with E-state index < -0.39 is 0 Å². The fourth-order valence-corrected chi connectivity index (χ4v) is 2.99. The van der Waals surface area contributed by atoms with Crippen LogP contribution in [0.15, 0.2) is 4.99 Å². The van der Waals surface area contributed by atoms with Crippen molar-refractivity contribution in [3.05, 3.63) is 0 Å². The molecular formula is C13H24N2O. The zero-order chi connectivity index (χ0) is 11.8. The molecule has 3 heteroatoms. The maximum absolute atomic E-state index is 5.61. The predicted octanol–water partition coefficient (Wildman–Crippen LogP) is 2.70. The van der Waals surface area contributed by atoms with Crippen LogP contribution in [0.25, 0.3) is 0 Å². The van der Waals surface area contributed by atoms with Crippen LogP contribution in [0.2, 0.25) is 0 Å². The van der Waals surface area contributed by atoms with Gasteiger partial charge in [-0.3, -0.25) is 0 Å². The maximum atomic E-state index is 5.61. The topological polar surface area (TPSA) is 47.6 Å². The highest BCUT2D eigenvalue weighted by Crippen LogP contribution is 2.45. The summed E-state index contributed by atoms with van der Waals surface area (Å²) in [5, 5.41) is 0. The molecule has 1 saturated carbocycles. The summed E-state index contributed by atoms with van der Waals surface area (Å²) in [4.78, 5) is 4.49. The van der Waals surface area contributed by atoms with Crippen LogP contribution in [0, 0.1) is 11.3 Å². The molecule has 0 aromatic heterocycles. The number of hydrogen-bond acceptors (Lipinski definition) is 3. The van der Waals surface area contributed by atoms with E-state index in [0.717, 1.165) is 18.8 Å². The third kappa shape index (κ3) is 2.04. The molecule has 92 valence electrons. The third-order valence-corrected chi connectivity index (χ3v) is 4.77. The Bertz CT molecular complexity index is 288. The molecule has 0 aromatic carbocycles. The van der Waals surface area contributed by atoms with E-state index in [0.29, 0.717) is 18.0 Å². The Morgan fingerprint density at radius 3 is 2.50 bits per heavy atom. The van der Waals surface area contributed by atoms with Gasteiger partial charge >= 0.3 is 0 Å². The van der Waals surface area contributed by atoms with Crippen molar-refractivity contribution >= 4 is 6.02 Å². The lowest BCUT2D eigenvalue weighted by atomic mass is 9.66. The Morgan fingerprint density at radius 1 is 1.44 bits per heavy atom. The summed E-state index contributed by atoms with van der Waals surface area (Å²) in [5.41, 5.74) is 6.12. The van der Waals surface area contributed by atoms with E-state index in [1.54, 1.807) is 0 Å². The molecule has 0 amide bonds. The van der Waals surface area contributed by atoms with E-state index in [9.17, 15) is 0 Å². The number of aliphatic imine (C=N–C) groups is 1. The summed E-state index contributed by atoms with van der Waals surface area (Å²) in [5.74, 6) is 0.833. The summed E-state index contributed by atoms with van der Waals surface area (Å²) in [6.45, 7) is 7.77. The van der Waals surface area contributed by atoms with Crippen molar-refractivity contribution < 1.29 is 4.74 Å². The SMILES string of the molecule is CCC(C)(C)C1CCC2(CC1)COC(N)=N2. The van der Waals surface area contributed by atoms with Crippen LogP contribution in [0.4, 0.5) is 0 Å². The largest absolute Gasteiger partial charge is 0.463 e. The van der Waals surface area contributed by atoms with Gasteiger partial charge in [0.05, 0.1) is 0 Å². The number of nitrogens with zero attached hydrogens (tertiary/aromatic N) is 1. The van der Waals surface area contributed by atoms with Crippen LogP contribution in [0.3, 0.4) is 0 Å². The van der Waals surface area contributed by atoms with Gasteiger partial charge in [-0.1, -0.05) is 27.2 Å². The molecule has 1 aliphatic carbocycles. The Hall–Kier alpha value is -0.730. The average molecular weight is 224 g/mol. The van der Waals surface area contributed by atoms with Crippen molar-refractivity contribution in [2.24, 2.45) is 22.1 Å². The second kappa shape index (κ2) is 3.94. The molecule has 2 aliphatic rings. The molecule has 0 atom stereocenters. The Labute approximate surface area is 98.5 Å². The minimum Gasteiger partial charge on any atom is -0.463 e. The molecule has 2 N–H and O–H groups in total. The molecule has 0 unspecified atom stereocenters. The fourth-order valence-electron chi connectivity index (χ4n) is 2.99. The third-order valence-electron chi connectivity index (χ3n) is 4.77. The molecular weight excluding hydrogens is 200 g/mol. The minimum absolute atomic E-state index is 0.0321. The molecule has 0 saturated heterocycles. The Kier molecular flexibility index (Phi) is 2.89. The van der Waals surface area contributed by atoms with Gasteiger partial charge in [-0.15, -0.1) is 0 Å². The Balaban J connectivity index is 1.97. The first-order chi connectivity index (χ1) is 7.47. The predicted molar refractivity (Wildman–Crippen MR) is 66.3 cm³/mol. The molecule has 1 fully saturated rings. The molecule has 3 nitrogen and oxygen atoms in total. The van der Waals surface area contributed by atoms with Gasteiger partial charge in [-0.25, -0.2) is 4.99 Å². The van der Waals surface area contributed by atoms with Crippen molar-refractivity contribution in [2.75, 3.05) is 6.61 Å². The maximum Gasteiger partial charge on any atom is 0.282 e. The normalized spacial score (nSPS) is 34.9. The second-order valence-corrected chi connectivity index (χ2v) is 6.08. The van der Waals surface area contributed by atoms with Gasteiger partial charge in [0, 0.05) is 0 Å². The van der Waals surface area contributed by atoms with E-state index >= 15 is 0 Å². The first kappa shape index (κ1) is 11.7. The smallest absolute Gasteiger partial charge is 0.282 e. The quantitative estimate of drug-likeness (QED) is 0.784. The van der Waals surface area contributed by atoms with Crippen molar-refractivity contribution in [1.29, 1.82) is 0 Å². The van der Waals surface area contributed by atoms with Crippen LogP contribution >= 0.6 is 0 Å². The van der Waals surface area contributed by atoms with Crippen LogP contribution in [0.5, 0.6) is 0 Å². The van der Waals surface area contributed by atoms with Gasteiger partial charge in [0.25, 0.3) is 6.02 Å². The van der Waals surface area contributed by atoms with Gasteiger partial charge in [0.2, 0.25) is 0 Å². The molecule has 0 aromatic rings. The minimum atomic E-state index is 0.0321. The second-order valence-electron chi connectivity index (χ2n) is 6.08. The molecule has 16 heavy (non-hydrogen) atoms.